The predicted molar refractivity (Wildman–Crippen MR) is 77.6 cm³/mol. The van der Waals surface area contributed by atoms with E-state index in [9.17, 15) is 4.39 Å². The zero-order valence-electron chi connectivity index (χ0n) is 10.3. The van der Waals surface area contributed by atoms with Gasteiger partial charge in [-0.1, -0.05) is 41.9 Å². The Morgan fingerprint density at radius 3 is 2.68 bits per heavy atom. The summed E-state index contributed by atoms with van der Waals surface area (Å²) >= 11 is 12.5. The molecular weight excluding hydrogens is 282 g/mol. The number of benzene rings is 2. The van der Waals surface area contributed by atoms with E-state index in [1.165, 1.54) is 23.6 Å². The van der Waals surface area contributed by atoms with E-state index < -0.39 is 11.2 Å². The predicted octanol–water partition coefficient (Wildman–Crippen LogP) is 5.30. The maximum absolute atomic E-state index is 13.5. The fourth-order valence-electron chi connectivity index (χ4n) is 2.65. The van der Waals surface area contributed by atoms with Crippen LogP contribution in [0.15, 0.2) is 36.4 Å². The summed E-state index contributed by atoms with van der Waals surface area (Å²) in [4.78, 5) is 0. The molecule has 0 saturated carbocycles. The van der Waals surface area contributed by atoms with Crippen molar-refractivity contribution in [1.29, 1.82) is 0 Å². The Labute approximate surface area is 122 Å². The minimum atomic E-state index is -0.425. The van der Waals surface area contributed by atoms with Gasteiger partial charge in [0.2, 0.25) is 0 Å². The molecule has 1 unspecified atom stereocenters. The largest absolute Gasteiger partial charge is 0.205 e. The van der Waals surface area contributed by atoms with E-state index in [1.807, 2.05) is 6.07 Å². The Balaban J connectivity index is 2.00. The highest BCUT2D eigenvalue weighted by molar-refractivity contribution is 6.33. The zero-order valence-corrected chi connectivity index (χ0v) is 11.8. The third-order valence-electron chi connectivity index (χ3n) is 3.67. The van der Waals surface area contributed by atoms with Crippen LogP contribution in [0.4, 0.5) is 4.39 Å². The van der Waals surface area contributed by atoms with Crippen molar-refractivity contribution in [3.8, 4) is 0 Å². The molecule has 0 N–H and O–H groups in total. The summed E-state index contributed by atoms with van der Waals surface area (Å²) in [7, 11) is 0. The van der Waals surface area contributed by atoms with Crippen LogP contribution in [0.25, 0.3) is 0 Å². The van der Waals surface area contributed by atoms with Gasteiger partial charge in [-0.3, -0.25) is 0 Å². The van der Waals surface area contributed by atoms with Gasteiger partial charge in [-0.2, -0.15) is 0 Å². The Morgan fingerprint density at radius 2 is 1.84 bits per heavy atom. The van der Waals surface area contributed by atoms with Gasteiger partial charge in [-0.15, -0.1) is 11.6 Å². The monoisotopic (exact) mass is 294 g/mol. The van der Waals surface area contributed by atoms with Gasteiger partial charge in [0.05, 0.1) is 10.4 Å². The van der Waals surface area contributed by atoms with Crippen LogP contribution in [0.5, 0.6) is 0 Å². The summed E-state index contributed by atoms with van der Waals surface area (Å²) in [5.74, 6) is -0.425. The van der Waals surface area contributed by atoms with E-state index in [1.54, 1.807) is 12.1 Å². The molecule has 2 aromatic rings. The van der Waals surface area contributed by atoms with Crippen LogP contribution in [0, 0.1) is 5.82 Å². The lowest BCUT2D eigenvalue weighted by Crippen LogP contribution is -1.97. The van der Waals surface area contributed by atoms with Crippen molar-refractivity contribution in [1.82, 2.24) is 0 Å². The molecule has 0 aliphatic heterocycles. The lowest BCUT2D eigenvalue weighted by molar-refractivity contribution is 0.626. The van der Waals surface area contributed by atoms with Crippen LogP contribution in [0.2, 0.25) is 5.02 Å². The summed E-state index contributed by atoms with van der Waals surface area (Å²) in [6.45, 7) is 0. The molecule has 19 heavy (non-hydrogen) atoms. The molecule has 0 radical (unpaired) electrons. The molecule has 0 saturated heterocycles. The van der Waals surface area contributed by atoms with E-state index in [2.05, 4.69) is 12.1 Å². The molecule has 0 heterocycles. The topological polar surface area (TPSA) is 0 Å². The van der Waals surface area contributed by atoms with Gasteiger partial charge in [0.1, 0.15) is 5.82 Å². The zero-order chi connectivity index (χ0) is 13.4. The van der Waals surface area contributed by atoms with Crippen molar-refractivity contribution in [3.63, 3.8) is 0 Å². The molecule has 0 amide bonds. The van der Waals surface area contributed by atoms with Crippen molar-refractivity contribution < 1.29 is 4.39 Å². The van der Waals surface area contributed by atoms with Crippen LogP contribution in [-0.2, 0) is 12.8 Å². The average molecular weight is 295 g/mol. The fourth-order valence-corrected chi connectivity index (χ4v) is 3.25. The molecule has 2 aromatic carbocycles. The summed E-state index contributed by atoms with van der Waals surface area (Å²) in [5.41, 5.74) is 4.37. The van der Waals surface area contributed by atoms with Gasteiger partial charge in [0.25, 0.3) is 0 Å². The first-order valence-electron chi connectivity index (χ1n) is 6.36. The van der Waals surface area contributed by atoms with E-state index >= 15 is 0 Å². The number of hydrogen-bond donors (Lipinski definition) is 0. The molecular formula is C16H13Cl2F. The van der Waals surface area contributed by atoms with Gasteiger partial charge in [-0.05, 0) is 47.6 Å². The van der Waals surface area contributed by atoms with Crippen molar-refractivity contribution in [2.75, 3.05) is 0 Å². The van der Waals surface area contributed by atoms with Crippen LogP contribution in [0.1, 0.15) is 34.1 Å². The van der Waals surface area contributed by atoms with Gasteiger partial charge in [-0.25, -0.2) is 4.39 Å². The molecule has 1 aliphatic rings. The van der Waals surface area contributed by atoms with E-state index in [-0.39, 0.29) is 5.02 Å². The number of fused-ring (bicyclic) bond motifs is 1. The van der Waals surface area contributed by atoms with Gasteiger partial charge in [0.15, 0.2) is 0 Å². The quantitative estimate of drug-likeness (QED) is 0.660. The Hall–Kier alpha value is -1.05. The minimum absolute atomic E-state index is 0.114. The maximum Gasteiger partial charge on any atom is 0.142 e. The van der Waals surface area contributed by atoms with E-state index in [4.69, 9.17) is 23.2 Å². The molecule has 3 heteroatoms. The van der Waals surface area contributed by atoms with Gasteiger partial charge >= 0.3 is 0 Å². The SMILES string of the molecule is Fc1cccc(C(Cl)c2ccc3c(c2)CCC3)c1Cl. The molecule has 0 nitrogen and oxygen atoms in total. The molecule has 0 aromatic heterocycles. The number of aryl methyl sites for hydroxylation is 2. The first-order chi connectivity index (χ1) is 9.16. The normalized spacial score (nSPS) is 15.3. The Morgan fingerprint density at radius 1 is 1.05 bits per heavy atom. The third kappa shape index (κ3) is 2.37. The van der Waals surface area contributed by atoms with Gasteiger partial charge < -0.3 is 0 Å². The van der Waals surface area contributed by atoms with E-state index in [0.717, 1.165) is 18.4 Å². The first-order valence-corrected chi connectivity index (χ1v) is 7.18. The second-order valence-corrected chi connectivity index (χ2v) is 5.70. The number of halogens is 3. The fraction of sp³-hybridized carbons (Fsp3) is 0.250. The standard InChI is InChI=1S/C16H13Cl2F/c17-15(13-5-2-6-14(19)16(13)18)12-8-7-10-3-1-4-11(10)9-12/h2,5-9,15H,1,3-4H2. The highest BCUT2D eigenvalue weighted by atomic mass is 35.5. The molecule has 98 valence electrons. The average Bonchev–Trinajstić information content (AvgIpc) is 2.88. The van der Waals surface area contributed by atoms with Crippen molar-refractivity contribution in [2.24, 2.45) is 0 Å². The minimum Gasteiger partial charge on any atom is -0.205 e. The molecule has 1 atom stereocenters. The van der Waals surface area contributed by atoms with Crippen molar-refractivity contribution in [2.45, 2.75) is 24.6 Å². The second-order valence-electron chi connectivity index (χ2n) is 4.89. The highest BCUT2D eigenvalue weighted by Gasteiger charge is 2.19. The van der Waals surface area contributed by atoms with Crippen LogP contribution in [0.3, 0.4) is 0 Å². The van der Waals surface area contributed by atoms with Crippen LogP contribution >= 0.6 is 23.2 Å². The Kier molecular flexibility index (Phi) is 3.51. The van der Waals surface area contributed by atoms with E-state index in [0.29, 0.717) is 5.56 Å². The summed E-state index contributed by atoms with van der Waals surface area (Å²) < 4.78 is 13.5. The number of alkyl halides is 1. The summed E-state index contributed by atoms with van der Waals surface area (Å²) in [5, 5.41) is -0.294. The first kappa shape index (κ1) is 13.0. The second kappa shape index (κ2) is 5.15. The van der Waals surface area contributed by atoms with Crippen molar-refractivity contribution >= 4 is 23.2 Å². The highest BCUT2D eigenvalue weighted by Crippen LogP contribution is 2.36. The maximum atomic E-state index is 13.5. The molecule has 3 rings (SSSR count). The van der Waals surface area contributed by atoms with Crippen molar-refractivity contribution in [3.05, 3.63) is 69.5 Å². The lowest BCUT2D eigenvalue weighted by Gasteiger charge is -2.14. The smallest absolute Gasteiger partial charge is 0.142 e. The molecule has 0 spiro atoms. The van der Waals surface area contributed by atoms with Crippen LogP contribution in [-0.4, -0.2) is 0 Å². The number of rotatable bonds is 2. The lowest BCUT2D eigenvalue weighted by atomic mass is 10.00. The number of hydrogen-bond acceptors (Lipinski definition) is 0. The molecule has 1 aliphatic carbocycles. The summed E-state index contributed by atoms with van der Waals surface area (Å²) in [6.07, 6.45) is 3.44. The third-order valence-corrected chi connectivity index (χ3v) is 4.56. The molecule has 0 bridgehead atoms. The molecule has 0 fully saturated rings. The Bertz CT molecular complexity index is 622. The summed E-state index contributed by atoms with van der Waals surface area (Å²) in [6, 6.07) is 11.0. The van der Waals surface area contributed by atoms with Crippen LogP contribution < -0.4 is 0 Å². The van der Waals surface area contributed by atoms with Gasteiger partial charge in [0, 0.05) is 0 Å².